The number of aromatic nitrogens is 2. The third-order valence-electron chi connectivity index (χ3n) is 6.04. The molecule has 3 rings (SSSR count). The van der Waals surface area contributed by atoms with E-state index in [4.69, 9.17) is 4.74 Å². The summed E-state index contributed by atoms with van der Waals surface area (Å²) in [5, 5.41) is -0.0296. The fourth-order valence-electron chi connectivity index (χ4n) is 4.53. The fraction of sp³-hybridized carbons (Fsp3) is 0.850. The number of sulfone groups is 1. The topological polar surface area (TPSA) is 64.4 Å². The van der Waals surface area contributed by atoms with Gasteiger partial charge in [-0.2, -0.15) is 0 Å². The zero-order valence-corrected chi connectivity index (χ0v) is 17.7. The highest BCUT2D eigenvalue weighted by Crippen LogP contribution is 2.28. The van der Waals surface area contributed by atoms with Gasteiger partial charge in [-0.15, -0.1) is 0 Å². The normalized spacial score (nSPS) is 23.4. The molecule has 1 aliphatic carbocycles. The Labute approximate surface area is 164 Å². The van der Waals surface area contributed by atoms with E-state index < -0.39 is 9.84 Å². The molecule has 27 heavy (non-hydrogen) atoms. The van der Waals surface area contributed by atoms with Gasteiger partial charge in [0.25, 0.3) is 0 Å². The van der Waals surface area contributed by atoms with Crippen LogP contribution in [0.1, 0.15) is 64.0 Å². The lowest BCUT2D eigenvalue weighted by Gasteiger charge is -2.31. The Bertz CT molecular complexity index is 693. The predicted molar refractivity (Wildman–Crippen MR) is 106 cm³/mol. The van der Waals surface area contributed by atoms with E-state index in [9.17, 15) is 8.42 Å². The van der Waals surface area contributed by atoms with Crippen molar-refractivity contribution in [3.05, 3.63) is 11.9 Å². The van der Waals surface area contributed by atoms with E-state index in [0.717, 1.165) is 63.9 Å². The number of nitrogens with zero attached hydrogens (tertiary/aromatic N) is 3. The molecule has 2 fully saturated rings. The van der Waals surface area contributed by atoms with E-state index in [0.29, 0.717) is 19.1 Å². The molecule has 0 aromatic carbocycles. The van der Waals surface area contributed by atoms with Crippen molar-refractivity contribution in [3.8, 4) is 0 Å². The Morgan fingerprint density at radius 2 is 1.89 bits per heavy atom. The van der Waals surface area contributed by atoms with E-state index in [-0.39, 0.29) is 10.4 Å². The lowest BCUT2D eigenvalue weighted by molar-refractivity contribution is 0.164. The van der Waals surface area contributed by atoms with Crippen LogP contribution >= 0.6 is 0 Å². The van der Waals surface area contributed by atoms with Gasteiger partial charge in [0.15, 0.2) is 0 Å². The van der Waals surface area contributed by atoms with Crippen LogP contribution in [0.4, 0.5) is 0 Å². The maximum absolute atomic E-state index is 13.3. The highest BCUT2D eigenvalue weighted by Gasteiger charge is 2.33. The van der Waals surface area contributed by atoms with Gasteiger partial charge in [0.05, 0.1) is 23.7 Å². The Morgan fingerprint density at radius 3 is 2.56 bits per heavy atom. The number of piperidine rings is 1. The third kappa shape index (κ3) is 5.12. The van der Waals surface area contributed by atoms with Crippen molar-refractivity contribution in [3.63, 3.8) is 0 Å². The highest BCUT2D eigenvalue weighted by molar-refractivity contribution is 7.91. The second-order valence-corrected chi connectivity index (χ2v) is 10.4. The molecule has 0 unspecified atom stereocenters. The van der Waals surface area contributed by atoms with Gasteiger partial charge in [0.1, 0.15) is 0 Å². The Morgan fingerprint density at radius 1 is 1.15 bits per heavy atom. The van der Waals surface area contributed by atoms with E-state index >= 15 is 0 Å². The molecule has 1 aliphatic heterocycles. The van der Waals surface area contributed by atoms with Crippen LogP contribution in [0, 0.1) is 5.92 Å². The van der Waals surface area contributed by atoms with Gasteiger partial charge >= 0.3 is 0 Å². The summed E-state index contributed by atoms with van der Waals surface area (Å²) in [4.78, 5) is 6.85. The first-order chi connectivity index (χ1) is 13.0. The summed E-state index contributed by atoms with van der Waals surface area (Å²) in [7, 11) is -1.74. The summed E-state index contributed by atoms with van der Waals surface area (Å²) in [6.07, 6.45) is 10.1. The summed E-state index contributed by atoms with van der Waals surface area (Å²) in [6, 6.07) is 0. The lowest BCUT2D eigenvalue weighted by Crippen LogP contribution is -2.34. The summed E-state index contributed by atoms with van der Waals surface area (Å²) in [6.45, 7) is 6.23. The van der Waals surface area contributed by atoms with Crippen LogP contribution in [-0.4, -0.2) is 54.9 Å². The average Bonchev–Trinajstić information content (AvgIpc) is 2.85. The van der Waals surface area contributed by atoms with E-state index in [1.54, 1.807) is 13.3 Å². The lowest BCUT2D eigenvalue weighted by atomic mass is 10.0. The third-order valence-corrected chi connectivity index (χ3v) is 8.23. The van der Waals surface area contributed by atoms with Crippen molar-refractivity contribution >= 4 is 9.84 Å². The van der Waals surface area contributed by atoms with Crippen LogP contribution in [0.3, 0.4) is 0 Å². The summed E-state index contributed by atoms with van der Waals surface area (Å²) in [5.74, 6) is 0.697. The Hall–Kier alpha value is -0.920. The first-order valence-electron chi connectivity index (χ1n) is 10.5. The summed E-state index contributed by atoms with van der Waals surface area (Å²) >= 11 is 0. The SMILES string of the molecule is COCCn1c(CN2CCC[C@H](C)C2)cnc1S(=O)(=O)C1CCCCCC1. The zero-order chi connectivity index (χ0) is 19.3. The van der Waals surface area contributed by atoms with Crippen LogP contribution < -0.4 is 0 Å². The van der Waals surface area contributed by atoms with Gasteiger partial charge in [-0.25, -0.2) is 13.4 Å². The number of rotatable bonds is 7. The van der Waals surface area contributed by atoms with Gasteiger partial charge in [0, 0.05) is 26.7 Å². The zero-order valence-electron chi connectivity index (χ0n) is 16.9. The number of ether oxygens (including phenoxy) is 1. The number of hydrogen-bond donors (Lipinski definition) is 0. The van der Waals surface area contributed by atoms with Crippen LogP contribution in [0.25, 0.3) is 0 Å². The maximum Gasteiger partial charge on any atom is 0.228 e. The minimum absolute atomic E-state index is 0.256. The van der Waals surface area contributed by atoms with E-state index in [1.165, 1.54) is 12.8 Å². The quantitative estimate of drug-likeness (QED) is 0.661. The smallest absolute Gasteiger partial charge is 0.228 e. The average molecular weight is 398 g/mol. The highest BCUT2D eigenvalue weighted by atomic mass is 32.2. The van der Waals surface area contributed by atoms with E-state index in [2.05, 4.69) is 16.8 Å². The first kappa shape index (κ1) is 20.8. The monoisotopic (exact) mass is 397 g/mol. The van der Waals surface area contributed by atoms with E-state index in [1.807, 2.05) is 4.57 Å². The Kier molecular flexibility index (Phi) is 7.34. The van der Waals surface area contributed by atoms with Crippen LogP contribution in [0.15, 0.2) is 11.4 Å². The molecule has 154 valence electrons. The molecule has 1 aromatic heterocycles. The molecule has 2 heterocycles. The molecule has 0 amide bonds. The molecular formula is C20H35N3O3S. The number of imidazole rings is 1. The second kappa shape index (κ2) is 9.52. The minimum atomic E-state index is -3.40. The van der Waals surface area contributed by atoms with Crippen LogP contribution in [-0.2, 0) is 27.7 Å². The number of methoxy groups -OCH3 is 1. The second-order valence-electron chi connectivity index (χ2n) is 8.32. The molecule has 1 saturated carbocycles. The van der Waals surface area contributed by atoms with Gasteiger partial charge in [-0.3, -0.25) is 4.90 Å². The first-order valence-corrected chi connectivity index (χ1v) is 12.1. The molecular weight excluding hydrogens is 362 g/mol. The molecule has 2 aliphatic rings. The van der Waals surface area contributed by atoms with Crippen molar-refractivity contribution in [1.82, 2.24) is 14.5 Å². The van der Waals surface area contributed by atoms with Crippen molar-refractivity contribution in [2.45, 2.75) is 81.8 Å². The van der Waals surface area contributed by atoms with Crippen LogP contribution in [0.2, 0.25) is 0 Å². The maximum atomic E-state index is 13.3. The van der Waals surface area contributed by atoms with Gasteiger partial charge in [-0.1, -0.05) is 32.6 Å². The predicted octanol–water partition coefficient (Wildman–Crippen LogP) is 3.26. The molecule has 0 N–H and O–H groups in total. The van der Waals surface area contributed by atoms with Crippen molar-refractivity contribution in [2.24, 2.45) is 5.92 Å². The standard InChI is InChI=1S/C20H35N3O3S/c1-17-8-7-11-22(15-17)16-18-14-21-20(23(18)12-13-26-2)27(24,25)19-9-5-3-4-6-10-19/h14,17,19H,3-13,15-16H2,1-2H3/t17-/m0/s1. The largest absolute Gasteiger partial charge is 0.383 e. The van der Waals surface area contributed by atoms with Gasteiger partial charge in [0.2, 0.25) is 15.0 Å². The molecule has 1 aromatic rings. The molecule has 0 bridgehead atoms. The molecule has 1 saturated heterocycles. The Balaban J connectivity index is 1.84. The number of hydrogen-bond acceptors (Lipinski definition) is 5. The van der Waals surface area contributed by atoms with Gasteiger partial charge < -0.3 is 9.30 Å². The molecule has 0 radical (unpaired) electrons. The van der Waals surface area contributed by atoms with Crippen molar-refractivity contribution in [2.75, 3.05) is 26.8 Å². The fourth-order valence-corrected chi connectivity index (χ4v) is 6.50. The number of likely N-dealkylation sites (tertiary alicyclic amines) is 1. The molecule has 7 heteroatoms. The van der Waals surface area contributed by atoms with Gasteiger partial charge in [-0.05, 0) is 38.1 Å². The molecule has 1 atom stereocenters. The van der Waals surface area contributed by atoms with Crippen molar-refractivity contribution in [1.29, 1.82) is 0 Å². The minimum Gasteiger partial charge on any atom is -0.383 e. The van der Waals surface area contributed by atoms with Crippen LogP contribution in [0.5, 0.6) is 0 Å². The van der Waals surface area contributed by atoms with Crippen molar-refractivity contribution < 1.29 is 13.2 Å². The molecule has 6 nitrogen and oxygen atoms in total. The summed E-state index contributed by atoms with van der Waals surface area (Å²) in [5.41, 5.74) is 0.994. The molecule has 0 spiro atoms. The summed E-state index contributed by atoms with van der Waals surface area (Å²) < 4.78 is 33.8.